The molecule has 0 unspecified atom stereocenters. The molecule has 0 spiro atoms. The van der Waals surface area contributed by atoms with Crippen LogP contribution in [0.5, 0.6) is 0 Å². The summed E-state index contributed by atoms with van der Waals surface area (Å²) in [5.74, 6) is 0. The van der Waals surface area contributed by atoms with E-state index in [1.165, 1.54) is 16.7 Å². The zero-order valence-electron chi connectivity index (χ0n) is 29.8. The Labute approximate surface area is 317 Å². The Hall–Kier alpha value is -7.36. The Morgan fingerprint density at radius 2 is 0.855 bits per heavy atom. The normalized spacial score (nSPS) is 11.6. The van der Waals surface area contributed by atoms with Crippen molar-refractivity contribution in [2.45, 2.75) is 0 Å². The molecule has 2 heterocycles. The van der Waals surface area contributed by atoms with Crippen LogP contribution in [0.1, 0.15) is 0 Å². The van der Waals surface area contributed by atoms with Gasteiger partial charge < -0.3 is 13.7 Å². The van der Waals surface area contributed by atoms with Crippen LogP contribution in [-0.2, 0) is 0 Å². The molecule has 3 heteroatoms. The second-order valence-electron chi connectivity index (χ2n) is 14.0. The van der Waals surface area contributed by atoms with Crippen LogP contribution in [0.25, 0.3) is 88.0 Å². The van der Waals surface area contributed by atoms with Gasteiger partial charge in [0.25, 0.3) is 0 Å². The number of benzene rings is 9. The highest BCUT2D eigenvalue weighted by molar-refractivity contribution is 6.23. The van der Waals surface area contributed by atoms with Crippen LogP contribution in [0.3, 0.4) is 0 Å². The summed E-state index contributed by atoms with van der Waals surface area (Å²) < 4.78 is 13.6. The maximum Gasteiger partial charge on any atom is 0.159 e. The van der Waals surface area contributed by atoms with Gasteiger partial charge >= 0.3 is 0 Å². The predicted molar refractivity (Wildman–Crippen MR) is 229 cm³/mol. The Bertz CT molecular complexity index is 3190. The predicted octanol–water partition coefficient (Wildman–Crippen LogP) is 15.1. The molecule has 0 fully saturated rings. The van der Waals surface area contributed by atoms with Crippen LogP contribution < -0.4 is 4.90 Å². The lowest BCUT2D eigenvalue weighted by atomic mass is 9.91. The van der Waals surface area contributed by atoms with Crippen molar-refractivity contribution in [1.29, 1.82) is 0 Å². The first-order valence-corrected chi connectivity index (χ1v) is 18.7. The molecule has 11 rings (SSSR count). The molecule has 0 atom stereocenters. The molecule has 0 radical (unpaired) electrons. The maximum absolute atomic E-state index is 6.86. The number of fused-ring (bicyclic) bond motifs is 8. The molecule has 0 aliphatic rings. The highest BCUT2D eigenvalue weighted by Crippen LogP contribution is 2.49. The first kappa shape index (κ1) is 31.2. The molecule has 0 aliphatic heterocycles. The topological polar surface area (TPSA) is 29.5 Å². The van der Waals surface area contributed by atoms with Gasteiger partial charge in [-0.05, 0) is 69.8 Å². The van der Waals surface area contributed by atoms with Gasteiger partial charge in [-0.3, -0.25) is 0 Å². The Morgan fingerprint density at radius 3 is 1.65 bits per heavy atom. The van der Waals surface area contributed by atoms with E-state index >= 15 is 0 Å². The highest BCUT2D eigenvalue weighted by atomic mass is 16.3. The monoisotopic (exact) mass is 703 g/mol. The van der Waals surface area contributed by atoms with E-state index in [1.807, 2.05) is 12.1 Å². The van der Waals surface area contributed by atoms with E-state index in [4.69, 9.17) is 8.83 Å². The highest BCUT2D eigenvalue weighted by Gasteiger charge is 2.25. The van der Waals surface area contributed by atoms with Gasteiger partial charge in [-0.1, -0.05) is 164 Å². The summed E-state index contributed by atoms with van der Waals surface area (Å²) in [7, 11) is 0. The summed E-state index contributed by atoms with van der Waals surface area (Å²) in [6, 6.07) is 70.8. The Balaban J connectivity index is 1.22. The molecule has 0 N–H and O–H groups in total. The van der Waals surface area contributed by atoms with Gasteiger partial charge in [-0.25, -0.2) is 0 Å². The van der Waals surface area contributed by atoms with E-state index in [0.717, 1.165) is 88.4 Å². The number of hydrogen-bond donors (Lipinski definition) is 0. The number of hydrogen-bond acceptors (Lipinski definition) is 3. The van der Waals surface area contributed by atoms with Crippen molar-refractivity contribution in [3.05, 3.63) is 200 Å². The van der Waals surface area contributed by atoms with E-state index < -0.39 is 0 Å². The summed E-state index contributed by atoms with van der Waals surface area (Å²) in [4.78, 5) is 2.36. The van der Waals surface area contributed by atoms with Crippen molar-refractivity contribution in [3.63, 3.8) is 0 Å². The number of rotatable bonds is 6. The van der Waals surface area contributed by atoms with Gasteiger partial charge in [0.2, 0.25) is 0 Å². The quantitative estimate of drug-likeness (QED) is 0.173. The van der Waals surface area contributed by atoms with E-state index in [-0.39, 0.29) is 0 Å². The summed E-state index contributed by atoms with van der Waals surface area (Å²) >= 11 is 0. The second-order valence-corrected chi connectivity index (χ2v) is 14.0. The van der Waals surface area contributed by atoms with Crippen molar-refractivity contribution < 1.29 is 8.83 Å². The van der Waals surface area contributed by atoms with Crippen molar-refractivity contribution in [2.75, 3.05) is 4.90 Å². The number of anilines is 3. The van der Waals surface area contributed by atoms with Gasteiger partial charge in [0.05, 0.1) is 11.4 Å². The molecule has 2 aromatic heterocycles. The summed E-state index contributed by atoms with van der Waals surface area (Å²) in [6.07, 6.45) is 0. The average Bonchev–Trinajstić information content (AvgIpc) is 3.84. The molecule has 0 bridgehead atoms. The molecule has 0 saturated heterocycles. The van der Waals surface area contributed by atoms with Gasteiger partial charge in [-0.15, -0.1) is 0 Å². The number of para-hydroxylation sites is 2. The van der Waals surface area contributed by atoms with Crippen LogP contribution in [0.4, 0.5) is 17.1 Å². The van der Waals surface area contributed by atoms with Crippen LogP contribution in [0.15, 0.2) is 209 Å². The summed E-state index contributed by atoms with van der Waals surface area (Å²) in [6.45, 7) is 0. The molecule has 55 heavy (non-hydrogen) atoms. The van der Waals surface area contributed by atoms with Crippen LogP contribution in [-0.4, -0.2) is 0 Å². The minimum Gasteiger partial charge on any atom is -0.455 e. The van der Waals surface area contributed by atoms with Crippen molar-refractivity contribution in [1.82, 2.24) is 0 Å². The Morgan fingerprint density at radius 1 is 0.309 bits per heavy atom. The molecule has 3 nitrogen and oxygen atoms in total. The third-order valence-electron chi connectivity index (χ3n) is 10.9. The lowest BCUT2D eigenvalue weighted by molar-refractivity contribution is 0.669. The third kappa shape index (κ3) is 5.05. The first-order valence-electron chi connectivity index (χ1n) is 18.7. The van der Waals surface area contributed by atoms with Crippen molar-refractivity contribution >= 4 is 71.7 Å². The van der Waals surface area contributed by atoms with Crippen LogP contribution in [0, 0.1) is 0 Å². The lowest BCUT2D eigenvalue weighted by Crippen LogP contribution is -2.11. The minimum atomic E-state index is 0.842. The molecule has 258 valence electrons. The number of nitrogens with zero attached hydrogens (tertiary/aromatic N) is 1. The molecule has 9 aromatic carbocycles. The molecular formula is C52H33NO2. The largest absolute Gasteiger partial charge is 0.455 e. The van der Waals surface area contributed by atoms with Gasteiger partial charge in [0.15, 0.2) is 5.58 Å². The zero-order chi connectivity index (χ0) is 36.3. The van der Waals surface area contributed by atoms with E-state index in [2.05, 4.69) is 193 Å². The molecule has 11 aromatic rings. The van der Waals surface area contributed by atoms with Gasteiger partial charge in [0, 0.05) is 38.0 Å². The van der Waals surface area contributed by atoms with E-state index in [9.17, 15) is 0 Å². The van der Waals surface area contributed by atoms with Gasteiger partial charge in [-0.2, -0.15) is 0 Å². The molecule has 0 amide bonds. The lowest BCUT2D eigenvalue weighted by Gasteiger charge is -2.27. The Kier molecular flexibility index (Phi) is 7.17. The smallest absolute Gasteiger partial charge is 0.159 e. The average molecular weight is 704 g/mol. The standard InChI is InChI=1S/C52H33NO2/c1-3-15-34(16-4-1)35-29-31-37(32-30-35)53(46-26-13-25-44-41-22-11-12-27-48(41)54-52(44)46)47-33-45-50-42(39-20-8-7-19-38(39)36-17-5-2-6-18-36)24-14-28-49(50)55-51(45)43-23-10-9-21-40(43)47/h1-33H. The fourth-order valence-corrected chi connectivity index (χ4v) is 8.38. The summed E-state index contributed by atoms with van der Waals surface area (Å²) in [5.41, 5.74) is 13.5. The maximum atomic E-state index is 6.86. The minimum absolute atomic E-state index is 0.842. The SMILES string of the molecule is c1ccc(-c2ccc(N(c3cc4c(oc5cccc(-c6ccccc6-c6ccccc6)c54)c4ccccc34)c3cccc4c3oc3ccccc34)cc2)cc1. The molecular weight excluding hydrogens is 671 g/mol. The fourth-order valence-electron chi connectivity index (χ4n) is 8.38. The van der Waals surface area contributed by atoms with E-state index in [1.54, 1.807) is 0 Å². The second kappa shape index (κ2) is 12.6. The third-order valence-corrected chi connectivity index (χ3v) is 10.9. The molecule has 0 aliphatic carbocycles. The summed E-state index contributed by atoms with van der Waals surface area (Å²) in [5, 5.41) is 6.47. The van der Waals surface area contributed by atoms with Crippen LogP contribution >= 0.6 is 0 Å². The number of furan rings is 2. The fraction of sp³-hybridized carbons (Fsp3) is 0. The van der Waals surface area contributed by atoms with Crippen LogP contribution in [0.2, 0.25) is 0 Å². The van der Waals surface area contributed by atoms with Crippen molar-refractivity contribution in [2.24, 2.45) is 0 Å². The zero-order valence-corrected chi connectivity index (χ0v) is 29.8. The molecule has 0 saturated carbocycles. The van der Waals surface area contributed by atoms with Crippen molar-refractivity contribution in [3.8, 4) is 33.4 Å². The first-order chi connectivity index (χ1) is 27.3. The van der Waals surface area contributed by atoms with E-state index in [0.29, 0.717) is 0 Å². The van der Waals surface area contributed by atoms with Gasteiger partial charge in [0.1, 0.15) is 16.7 Å².